The minimum atomic E-state index is 0.597. The number of nitrogens with zero attached hydrogens (tertiary/aromatic N) is 4. The molecule has 0 amide bonds. The van der Waals surface area contributed by atoms with Crippen LogP contribution >= 0.6 is 0 Å². The zero-order valence-corrected chi connectivity index (χ0v) is 20.8. The number of hydrogen-bond acceptors (Lipinski definition) is 4. The number of aromatic nitrogens is 4. The first kappa shape index (κ1) is 21.3. The molecule has 182 valence electrons. The number of aryl methyl sites for hydroxylation is 2. The van der Waals surface area contributed by atoms with Gasteiger partial charge >= 0.3 is 0 Å². The highest BCUT2D eigenvalue weighted by molar-refractivity contribution is 6.20. The molecule has 3 aromatic heterocycles. The lowest BCUT2D eigenvalue weighted by Crippen LogP contribution is -2.06. The molecule has 0 N–H and O–H groups in total. The lowest BCUT2D eigenvalue weighted by Gasteiger charge is -2.11. The number of para-hydroxylation sites is 1. The normalized spacial score (nSPS) is 13.4. The number of furan rings is 1. The lowest BCUT2D eigenvalue weighted by atomic mass is 9.95. The van der Waals surface area contributed by atoms with E-state index in [0.717, 1.165) is 57.1 Å². The monoisotopic (exact) mass is 492 g/mol. The van der Waals surface area contributed by atoms with E-state index in [1.165, 1.54) is 23.8 Å². The van der Waals surface area contributed by atoms with Crippen LogP contribution in [0.4, 0.5) is 0 Å². The Balaban J connectivity index is 1.46. The number of fused-ring (bicyclic) bond motifs is 7. The third-order valence-electron chi connectivity index (χ3n) is 7.65. The molecule has 0 bridgehead atoms. The molecule has 5 nitrogen and oxygen atoms in total. The zero-order chi connectivity index (χ0) is 25.1. The highest BCUT2D eigenvalue weighted by Crippen LogP contribution is 2.41. The smallest absolute Gasteiger partial charge is 0.238 e. The summed E-state index contributed by atoms with van der Waals surface area (Å²) in [7, 11) is 0. The summed E-state index contributed by atoms with van der Waals surface area (Å²) in [4.78, 5) is 14.9. The molecule has 0 saturated carbocycles. The van der Waals surface area contributed by atoms with Gasteiger partial charge in [0.25, 0.3) is 0 Å². The zero-order valence-electron chi connectivity index (χ0n) is 20.8. The minimum Gasteiger partial charge on any atom is -0.460 e. The average Bonchev–Trinajstić information content (AvgIpc) is 3.53. The van der Waals surface area contributed by atoms with Crippen molar-refractivity contribution in [1.29, 1.82) is 0 Å². The van der Waals surface area contributed by atoms with E-state index in [1.807, 2.05) is 60.7 Å². The largest absolute Gasteiger partial charge is 0.460 e. The van der Waals surface area contributed by atoms with Gasteiger partial charge in [0.1, 0.15) is 11.3 Å². The fraction of sp³-hybridized carbons (Fsp3) is 0.121. The van der Waals surface area contributed by atoms with E-state index in [9.17, 15) is 0 Å². The van der Waals surface area contributed by atoms with Crippen LogP contribution in [-0.4, -0.2) is 19.5 Å². The predicted molar refractivity (Wildman–Crippen MR) is 151 cm³/mol. The molecule has 7 aromatic rings. The number of hydrogen-bond donors (Lipinski definition) is 0. The molecule has 0 saturated heterocycles. The van der Waals surface area contributed by atoms with Gasteiger partial charge in [0.15, 0.2) is 11.6 Å². The van der Waals surface area contributed by atoms with E-state index >= 15 is 0 Å². The van der Waals surface area contributed by atoms with Crippen molar-refractivity contribution in [3.63, 3.8) is 0 Å². The van der Waals surface area contributed by atoms with Gasteiger partial charge in [-0.15, -0.1) is 0 Å². The first-order chi connectivity index (χ1) is 18.8. The van der Waals surface area contributed by atoms with Crippen molar-refractivity contribution in [1.82, 2.24) is 19.5 Å². The molecule has 0 fully saturated rings. The van der Waals surface area contributed by atoms with Crippen molar-refractivity contribution < 1.29 is 4.42 Å². The van der Waals surface area contributed by atoms with E-state index < -0.39 is 0 Å². The summed E-state index contributed by atoms with van der Waals surface area (Å²) in [6.45, 7) is 0. The Morgan fingerprint density at radius 1 is 0.579 bits per heavy atom. The summed E-state index contributed by atoms with van der Waals surface area (Å²) in [5, 5.41) is 3.50. The van der Waals surface area contributed by atoms with E-state index in [0.29, 0.717) is 17.6 Å². The summed E-state index contributed by atoms with van der Waals surface area (Å²) in [5.41, 5.74) is 6.35. The maximum absolute atomic E-state index is 6.58. The van der Waals surface area contributed by atoms with Gasteiger partial charge in [-0.25, -0.2) is 4.98 Å². The van der Waals surface area contributed by atoms with Crippen LogP contribution in [0.25, 0.3) is 61.5 Å². The Hall–Kier alpha value is -4.77. The van der Waals surface area contributed by atoms with Gasteiger partial charge in [0, 0.05) is 33.9 Å². The molecule has 3 heterocycles. The van der Waals surface area contributed by atoms with Crippen LogP contribution in [-0.2, 0) is 12.8 Å². The van der Waals surface area contributed by atoms with Crippen LogP contribution in [0.1, 0.15) is 24.2 Å². The molecule has 8 rings (SSSR count). The molecule has 1 aliphatic carbocycles. The summed E-state index contributed by atoms with van der Waals surface area (Å²) >= 11 is 0. The molecule has 0 unspecified atom stereocenters. The van der Waals surface area contributed by atoms with Gasteiger partial charge in [-0.2, -0.15) is 9.97 Å². The van der Waals surface area contributed by atoms with Crippen molar-refractivity contribution in [3.8, 4) is 28.7 Å². The molecular formula is C33H24N4O. The summed E-state index contributed by atoms with van der Waals surface area (Å²) in [5.74, 6) is 3.04. The van der Waals surface area contributed by atoms with Gasteiger partial charge in [-0.05, 0) is 37.5 Å². The fourth-order valence-electron chi connectivity index (χ4n) is 5.88. The minimum absolute atomic E-state index is 0.597. The van der Waals surface area contributed by atoms with Crippen molar-refractivity contribution in [2.24, 2.45) is 0 Å². The lowest BCUT2D eigenvalue weighted by molar-refractivity contribution is 0.508. The second kappa shape index (κ2) is 8.38. The Bertz CT molecular complexity index is 1910. The van der Waals surface area contributed by atoms with Crippen molar-refractivity contribution in [3.05, 3.63) is 108 Å². The highest BCUT2D eigenvalue weighted by atomic mass is 16.3. The Labute approximate surface area is 219 Å². The Morgan fingerprint density at radius 2 is 1.24 bits per heavy atom. The highest BCUT2D eigenvalue weighted by Gasteiger charge is 2.24. The van der Waals surface area contributed by atoms with E-state index in [1.54, 1.807) is 0 Å². The second-order valence-electron chi connectivity index (χ2n) is 9.91. The molecule has 1 aliphatic rings. The molecule has 0 spiro atoms. The molecule has 38 heavy (non-hydrogen) atoms. The van der Waals surface area contributed by atoms with Crippen LogP contribution in [0.15, 0.2) is 101 Å². The van der Waals surface area contributed by atoms with Gasteiger partial charge in [0.2, 0.25) is 5.95 Å². The van der Waals surface area contributed by atoms with E-state index in [4.69, 9.17) is 19.4 Å². The Kier molecular flexibility index (Phi) is 4.71. The SMILES string of the molecule is c1ccc(-c2nc(-c3ccccc3)nc(-n3c4ccccc4c4c5oc6c(c5ccc43)CCCC6)n2)cc1. The molecular weight excluding hydrogens is 468 g/mol. The molecule has 0 atom stereocenters. The number of benzene rings is 4. The summed E-state index contributed by atoms with van der Waals surface area (Å²) in [6.07, 6.45) is 4.50. The Morgan fingerprint density at radius 3 is 1.97 bits per heavy atom. The van der Waals surface area contributed by atoms with Gasteiger partial charge in [-0.3, -0.25) is 4.57 Å². The standard InChI is InChI=1S/C33H24N4O/c1-3-11-21(12-4-1)31-34-32(22-13-5-2-6-14-22)36-33(35-31)37-26-17-9-7-16-25(26)29-27(37)20-19-24-23-15-8-10-18-28(23)38-30(24)29/h1-7,9,11-14,16-17,19-20H,8,10,15,18H2. The third kappa shape index (κ3) is 3.21. The van der Waals surface area contributed by atoms with E-state index in [-0.39, 0.29) is 0 Å². The van der Waals surface area contributed by atoms with Gasteiger partial charge < -0.3 is 4.42 Å². The predicted octanol–water partition coefficient (Wildman–Crippen LogP) is 7.93. The summed E-state index contributed by atoms with van der Waals surface area (Å²) < 4.78 is 8.74. The maximum atomic E-state index is 6.58. The quantitative estimate of drug-likeness (QED) is 0.251. The average molecular weight is 493 g/mol. The van der Waals surface area contributed by atoms with Crippen molar-refractivity contribution >= 4 is 32.8 Å². The van der Waals surface area contributed by atoms with Crippen molar-refractivity contribution in [2.75, 3.05) is 0 Å². The van der Waals surface area contributed by atoms with Gasteiger partial charge in [-0.1, -0.05) is 78.9 Å². The van der Waals surface area contributed by atoms with Crippen LogP contribution in [0.3, 0.4) is 0 Å². The van der Waals surface area contributed by atoms with Crippen LogP contribution in [0.5, 0.6) is 0 Å². The van der Waals surface area contributed by atoms with E-state index in [2.05, 4.69) is 41.0 Å². The van der Waals surface area contributed by atoms with Crippen LogP contribution in [0, 0.1) is 0 Å². The topological polar surface area (TPSA) is 56.7 Å². The maximum Gasteiger partial charge on any atom is 0.238 e. The second-order valence-corrected chi connectivity index (χ2v) is 9.91. The summed E-state index contributed by atoms with van der Waals surface area (Å²) in [6, 6.07) is 33.1. The fourth-order valence-corrected chi connectivity index (χ4v) is 5.88. The van der Waals surface area contributed by atoms with Gasteiger partial charge in [0.05, 0.1) is 16.4 Å². The molecule has 0 radical (unpaired) electrons. The number of rotatable bonds is 3. The molecule has 4 aromatic carbocycles. The first-order valence-corrected chi connectivity index (χ1v) is 13.2. The third-order valence-corrected chi connectivity index (χ3v) is 7.65. The molecule has 5 heteroatoms. The van der Waals surface area contributed by atoms with Crippen molar-refractivity contribution in [2.45, 2.75) is 25.7 Å². The first-order valence-electron chi connectivity index (χ1n) is 13.2. The molecule has 0 aliphatic heterocycles. The van der Waals surface area contributed by atoms with Crippen LogP contribution < -0.4 is 0 Å². The van der Waals surface area contributed by atoms with Crippen LogP contribution in [0.2, 0.25) is 0 Å².